The van der Waals surface area contributed by atoms with E-state index < -0.39 is 12.1 Å². The summed E-state index contributed by atoms with van der Waals surface area (Å²) in [6.07, 6.45) is 4.42. The van der Waals surface area contributed by atoms with Crippen molar-refractivity contribution in [2.24, 2.45) is 0 Å². The normalized spacial score (nSPS) is 21.8. The van der Waals surface area contributed by atoms with Crippen LogP contribution in [0.5, 0.6) is 0 Å². The predicted molar refractivity (Wildman–Crippen MR) is 99.6 cm³/mol. The van der Waals surface area contributed by atoms with Gasteiger partial charge in [0.05, 0.1) is 17.7 Å². The van der Waals surface area contributed by atoms with Gasteiger partial charge in [0.15, 0.2) is 6.10 Å². The van der Waals surface area contributed by atoms with Crippen molar-refractivity contribution in [2.45, 2.75) is 37.6 Å². The van der Waals surface area contributed by atoms with Crippen molar-refractivity contribution in [1.29, 1.82) is 5.26 Å². The summed E-state index contributed by atoms with van der Waals surface area (Å²) in [7, 11) is 0. The molecular formula is C21H20N4O3. The number of carbonyl (C=O) groups excluding carboxylic acids is 2. The monoisotopic (exact) mass is 376 g/mol. The number of morpholine rings is 1. The molecule has 2 fully saturated rings. The number of nitriles is 1. The van der Waals surface area contributed by atoms with Gasteiger partial charge in [0.2, 0.25) is 5.91 Å². The van der Waals surface area contributed by atoms with Crippen molar-refractivity contribution >= 4 is 11.8 Å². The third-order valence-corrected chi connectivity index (χ3v) is 5.01. The molecule has 1 aliphatic heterocycles. The maximum absolute atomic E-state index is 12.9. The summed E-state index contributed by atoms with van der Waals surface area (Å²) < 4.78 is 5.68. The van der Waals surface area contributed by atoms with Crippen molar-refractivity contribution in [3.8, 4) is 6.07 Å². The molecule has 0 radical (unpaired) electrons. The van der Waals surface area contributed by atoms with Crippen molar-refractivity contribution in [1.82, 2.24) is 15.2 Å². The molecule has 2 aromatic rings. The topological polar surface area (TPSA) is 95.3 Å². The van der Waals surface area contributed by atoms with Crippen LogP contribution in [0.4, 0.5) is 0 Å². The van der Waals surface area contributed by atoms with Gasteiger partial charge in [0, 0.05) is 25.0 Å². The second kappa shape index (κ2) is 7.79. The number of nitrogens with one attached hydrogen (secondary N) is 1. The Morgan fingerprint density at radius 3 is 2.89 bits per heavy atom. The highest BCUT2D eigenvalue weighted by Gasteiger charge is 2.47. The van der Waals surface area contributed by atoms with Crippen LogP contribution in [0.2, 0.25) is 0 Å². The number of aromatic nitrogens is 1. The first kappa shape index (κ1) is 18.1. The van der Waals surface area contributed by atoms with Crippen molar-refractivity contribution in [3.05, 3.63) is 65.5 Å². The van der Waals surface area contributed by atoms with Crippen LogP contribution in [0, 0.1) is 11.3 Å². The standard InChI is InChI=1S/C21H20N4O3/c22-10-14-3-1-4-15(9-14)11-24-21(27)20-19(16-5-2-8-23-12-16)25(17-6-7-17)18(26)13-28-20/h1-5,8-9,12,17,19-20H,6-7,11,13H2,(H,24,27)/t19-,20+/m1/s1. The first-order valence-electron chi connectivity index (χ1n) is 9.27. The number of pyridine rings is 1. The van der Waals surface area contributed by atoms with Gasteiger partial charge in [-0.2, -0.15) is 5.26 Å². The maximum atomic E-state index is 12.9. The van der Waals surface area contributed by atoms with Crippen LogP contribution in [0.15, 0.2) is 48.8 Å². The molecule has 1 aromatic heterocycles. The third-order valence-electron chi connectivity index (χ3n) is 5.01. The van der Waals surface area contributed by atoms with E-state index in [-0.39, 0.29) is 31.0 Å². The van der Waals surface area contributed by atoms with Crippen LogP contribution in [0.3, 0.4) is 0 Å². The number of hydrogen-bond donors (Lipinski definition) is 1. The van der Waals surface area contributed by atoms with Gasteiger partial charge in [-0.25, -0.2) is 0 Å². The quantitative estimate of drug-likeness (QED) is 0.857. The van der Waals surface area contributed by atoms with Gasteiger partial charge in [0.25, 0.3) is 5.91 Å². The van der Waals surface area contributed by atoms with E-state index in [1.54, 1.807) is 41.6 Å². The third kappa shape index (κ3) is 3.73. The van der Waals surface area contributed by atoms with Crippen molar-refractivity contribution in [2.75, 3.05) is 6.61 Å². The summed E-state index contributed by atoms with van der Waals surface area (Å²) in [5.74, 6) is -0.378. The molecule has 0 bridgehead atoms. The van der Waals surface area contributed by atoms with Gasteiger partial charge >= 0.3 is 0 Å². The van der Waals surface area contributed by atoms with Gasteiger partial charge < -0.3 is 15.0 Å². The molecule has 7 heteroatoms. The highest BCUT2D eigenvalue weighted by Crippen LogP contribution is 2.39. The Bertz CT molecular complexity index is 921. The zero-order chi connectivity index (χ0) is 19.5. The smallest absolute Gasteiger partial charge is 0.251 e. The van der Waals surface area contributed by atoms with E-state index in [9.17, 15) is 9.59 Å². The lowest BCUT2D eigenvalue weighted by molar-refractivity contribution is -0.165. The molecule has 1 saturated carbocycles. The van der Waals surface area contributed by atoms with Crippen LogP contribution in [-0.4, -0.2) is 40.5 Å². The number of ether oxygens (including phenoxy) is 1. The molecule has 28 heavy (non-hydrogen) atoms. The number of hydrogen-bond acceptors (Lipinski definition) is 5. The van der Waals surface area contributed by atoms with E-state index in [0.29, 0.717) is 5.56 Å². The Balaban J connectivity index is 1.54. The van der Waals surface area contributed by atoms with Crippen LogP contribution in [0.1, 0.15) is 35.6 Å². The fourth-order valence-electron chi connectivity index (χ4n) is 3.56. The number of nitrogens with zero attached hydrogens (tertiary/aromatic N) is 3. The predicted octanol–water partition coefficient (Wildman–Crippen LogP) is 1.70. The summed E-state index contributed by atoms with van der Waals surface area (Å²) in [5.41, 5.74) is 2.16. The summed E-state index contributed by atoms with van der Waals surface area (Å²) in [6.45, 7) is 0.181. The molecule has 2 atom stereocenters. The van der Waals surface area contributed by atoms with Crippen LogP contribution in [0.25, 0.3) is 0 Å². The highest BCUT2D eigenvalue weighted by atomic mass is 16.5. The number of rotatable bonds is 5. The Labute approximate surface area is 162 Å². The molecule has 7 nitrogen and oxygen atoms in total. The fraction of sp³-hybridized carbons (Fsp3) is 0.333. The highest BCUT2D eigenvalue weighted by molar-refractivity contribution is 5.86. The minimum absolute atomic E-state index is 0.0953. The first-order chi connectivity index (χ1) is 13.7. The van der Waals surface area contributed by atoms with Crippen LogP contribution in [-0.2, 0) is 20.9 Å². The molecule has 4 rings (SSSR count). The SMILES string of the molecule is N#Cc1cccc(CNC(=O)[C@H]2OCC(=O)N(C3CC3)[C@@H]2c2cccnc2)c1. The van der Waals surface area contributed by atoms with Gasteiger partial charge in [-0.1, -0.05) is 18.2 Å². The number of amides is 2. The Hall–Kier alpha value is -3.24. The van der Waals surface area contributed by atoms with Crippen molar-refractivity contribution < 1.29 is 14.3 Å². The fourth-order valence-corrected chi connectivity index (χ4v) is 3.56. The molecule has 1 aromatic carbocycles. The van der Waals surface area contributed by atoms with E-state index in [4.69, 9.17) is 10.00 Å². The van der Waals surface area contributed by atoms with Crippen LogP contribution >= 0.6 is 0 Å². The molecule has 0 spiro atoms. The molecule has 1 aliphatic carbocycles. The van der Waals surface area contributed by atoms with Crippen LogP contribution < -0.4 is 5.32 Å². The molecule has 1 N–H and O–H groups in total. The van der Waals surface area contributed by atoms with Crippen molar-refractivity contribution in [3.63, 3.8) is 0 Å². The Morgan fingerprint density at radius 1 is 1.32 bits per heavy atom. The summed E-state index contributed by atoms with van der Waals surface area (Å²) >= 11 is 0. The molecule has 2 aliphatic rings. The average molecular weight is 376 g/mol. The Morgan fingerprint density at radius 2 is 2.18 bits per heavy atom. The lowest BCUT2D eigenvalue weighted by atomic mass is 9.98. The van der Waals surface area contributed by atoms with Gasteiger partial charge in [-0.3, -0.25) is 14.6 Å². The minimum atomic E-state index is -0.804. The number of carbonyl (C=O) groups is 2. The second-order valence-corrected chi connectivity index (χ2v) is 7.02. The minimum Gasteiger partial charge on any atom is -0.356 e. The van der Waals surface area contributed by atoms with Gasteiger partial charge in [-0.05, 0) is 42.2 Å². The molecule has 0 unspecified atom stereocenters. The molecular weight excluding hydrogens is 356 g/mol. The first-order valence-corrected chi connectivity index (χ1v) is 9.27. The van der Waals surface area contributed by atoms with Gasteiger partial charge in [0.1, 0.15) is 6.61 Å². The summed E-state index contributed by atoms with van der Waals surface area (Å²) in [6, 6.07) is 12.5. The van der Waals surface area contributed by atoms with E-state index in [1.165, 1.54) is 0 Å². The second-order valence-electron chi connectivity index (χ2n) is 7.02. The van der Waals surface area contributed by atoms with E-state index >= 15 is 0 Å². The largest absolute Gasteiger partial charge is 0.356 e. The Kier molecular flexibility index (Phi) is 5.04. The zero-order valence-electron chi connectivity index (χ0n) is 15.2. The lowest BCUT2D eigenvalue weighted by Gasteiger charge is -2.40. The van der Waals surface area contributed by atoms with E-state index in [0.717, 1.165) is 24.0 Å². The summed E-state index contributed by atoms with van der Waals surface area (Å²) in [4.78, 5) is 31.4. The lowest BCUT2D eigenvalue weighted by Crippen LogP contribution is -2.55. The van der Waals surface area contributed by atoms with Gasteiger partial charge in [-0.15, -0.1) is 0 Å². The molecule has 2 heterocycles. The molecule has 1 saturated heterocycles. The zero-order valence-corrected chi connectivity index (χ0v) is 15.2. The number of benzene rings is 1. The molecule has 2 amide bonds. The van der Waals surface area contributed by atoms with E-state index in [1.807, 2.05) is 12.1 Å². The average Bonchev–Trinajstić information content (AvgIpc) is 3.57. The summed E-state index contributed by atoms with van der Waals surface area (Å²) in [5, 5.41) is 11.9. The van der Waals surface area contributed by atoms with E-state index in [2.05, 4.69) is 16.4 Å². The maximum Gasteiger partial charge on any atom is 0.251 e. The molecule has 142 valence electrons.